The van der Waals surface area contributed by atoms with Crippen molar-refractivity contribution in [3.05, 3.63) is 70.9 Å². The summed E-state index contributed by atoms with van der Waals surface area (Å²) < 4.78 is 39.2. The van der Waals surface area contributed by atoms with Crippen molar-refractivity contribution in [1.82, 2.24) is 9.97 Å². The summed E-state index contributed by atoms with van der Waals surface area (Å²) in [7, 11) is 0. The Hall–Kier alpha value is -3.24. The first-order chi connectivity index (χ1) is 12.9. The zero-order chi connectivity index (χ0) is 19.0. The van der Waals surface area contributed by atoms with Gasteiger partial charge in [0.05, 0.1) is 26.9 Å². The highest BCUT2D eigenvalue weighted by Crippen LogP contribution is 2.34. The van der Waals surface area contributed by atoms with Crippen LogP contribution in [0.4, 0.5) is 13.2 Å². The Morgan fingerprint density at radius 3 is 2.70 bits per heavy atom. The van der Waals surface area contributed by atoms with E-state index in [4.69, 9.17) is 0 Å². The SMILES string of the molecule is N#C/C(=C/c1ccc2ncccc2c1)c1nc2cc(C(F)(F)F)ccc2s1. The molecule has 0 amide bonds. The monoisotopic (exact) mass is 381 g/mol. The van der Waals surface area contributed by atoms with E-state index in [0.29, 0.717) is 15.3 Å². The molecular formula is C20H10F3N3S. The number of hydrogen-bond acceptors (Lipinski definition) is 4. The standard InChI is InChI=1S/C20H10F3N3S/c21-20(22,23)15-4-6-18-17(10-15)26-19(27-18)14(11-24)9-12-3-5-16-13(8-12)2-1-7-25-16/h1-10H/b14-9-. The number of nitrogens with zero attached hydrogens (tertiary/aromatic N) is 3. The number of allylic oxidation sites excluding steroid dienone is 1. The second-order valence-corrected chi connectivity index (χ2v) is 6.86. The Morgan fingerprint density at radius 2 is 1.93 bits per heavy atom. The molecule has 0 aliphatic heterocycles. The van der Waals surface area contributed by atoms with E-state index in [1.807, 2.05) is 30.3 Å². The molecular weight excluding hydrogens is 371 g/mol. The summed E-state index contributed by atoms with van der Waals surface area (Å²) in [5, 5.41) is 10.8. The maximum atomic E-state index is 12.9. The summed E-state index contributed by atoms with van der Waals surface area (Å²) in [5.74, 6) is 0. The smallest absolute Gasteiger partial charge is 0.256 e. The van der Waals surface area contributed by atoms with Crippen molar-refractivity contribution < 1.29 is 13.2 Å². The van der Waals surface area contributed by atoms with Crippen molar-refractivity contribution in [2.24, 2.45) is 0 Å². The van der Waals surface area contributed by atoms with Crippen molar-refractivity contribution in [2.45, 2.75) is 6.18 Å². The number of alkyl halides is 3. The first kappa shape index (κ1) is 17.2. The van der Waals surface area contributed by atoms with E-state index in [-0.39, 0.29) is 5.52 Å². The Balaban J connectivity index is 1.77. The van der Waals surface area contributed by atoms with Crippen LogP contribution in [0, 0.1) is 11.3 Å². The fourth-order valence-corrected chi connectivity index (χ4v) is 3.62. The summed E-state index contributed by atoms with van der Waals surface area (Å²) in [6.07, 6.45) is -1.05. The minimum atomic E-state index is -4.43. The van der Waals surface area contributed by atoms with Crippen molar-refractivity contribution in [1.29, 1.82) is 5.26 Å². The Labute approximate surface area is 156 Å². The molecule has 0 saturated heterocycles. The molecule has 0 spiro atoms. The molecule has 0 aliphatic carbocycles. The predicted molar refractivity (Wildman–Crippen MR) is 99.8 cm³/mol. The van der Waals surface area contributed by atoms with Crippen molar-refractivity contribution >= 4 is 44.1 Å². The van der Waals surface area contributed by atoms with E-state index >= 15 is 0 Å². The topological polar surface area (TPSA) is 49.6 Å². The van der Waals surface area contributed by atoms with Crippen molar-refractivity contribution in [3.8, 4) is 6.07 Å². The van der Waals surface area contributed by atoms with Crippen LogP contribution < -0.4 is 0 Å². The third-order valence-corrected chi connectivity index (χ3v) is 5.07. The van der Waals surface area contributed by atoms with Gasteiger partial charge in [0, 0.05) is 11.6 Å². The summed E-state index contributed by atoms with van der Waals surface area (Å²) in [6.45, 7) is 0. The maximum Gasteiger partial charge on any atom is 0.416 e. The van der Waals surface area contributed by atoms with Gasteiger partial charge < -0.3 is 0 Å². The van der Waals surface area contributed by atoms with Gasteiger partial charge in [0.1, 0.15) is 11.1 Å². The van der Waals surface area contributed by atoms with Gasteiger partial charge in [0.2, 0.25) is 0 Å². The van der Waals surface area contributed by atoms with Crippen LogP contribution in [0.3, 0.4) is 0 Å². The Kier molecular flexibility index (Phi) is 4.13. The van der Waals surface area contributed by atoms with E-state index in [2.05, 4.69) is 16.0 Å². The molecule has 27 heavy (non-hydrogen) atoms. The second-order valence-electron chi connectivity index (χ2n) is 5.82. The van der Waals surface area contributed by atoms with Crippen LogP contribution in [0.2, 0.25) is 0 Å². The average molecular weight is 381 g/mol. The normalized spacial score (nSPS) is 12.4. The van der Waals surface area contributed by atoms with Gasteiger partial charge in [-0.2, -0.15) is 18.4 Å². The van der Waals surface area contributed by atoms with E-state index in [9.17, 15) is 18.4 Å². The lowest BCUT2D eigenvalue weighted by Gasteiger charge is -2.04. The maximum absolute atomic E-state index is 12.9. The molecule has 0 bridgehead atoms. The number of aromatic nitrogens is 2. The first-order valence-corrected chi connectivity index (χ1v) is 8.70. The molecule has 0 N–H and O–H groups in total. The molecule has 0 unspecified atom stereocenters. The van der Waals surface area contributed by atoms with Crippen LogP contribution in [0.1, 0.15) is 16.1 Å². The summed E-state index contributed by atoms with van der Waals surface area (Å²) >= 11 is 1.19. The fraction of sp³-hybridized carbons (Fsp3) is 0.0500. The molecule has 0 radical (unpaired) electrons. The molecule has 0 aliphatic rings. The number of rotatable bonds is 2. The van der Waals surface area contributed by atoms with Gasteiger partial charge >= 0.3 is 6.18 Å². The van der Waals surface area contributed by atoms with E-state index in [1.165, 1.54) is 17.4 Å². The second kappa shape index (κ2) is 6.49. The zero-order valence-electron chi connectivity index (χ0n) is 13.7. The number of thiazole rings is 1. The zero-order valence-corrected chi connectivity index (χ0v) is 14.5. The lowest BCUT2D eigenvalue weighted by atomic mass is 10.1. The molecule has 0 fully saturated rings. The molecule has 132 valence electrons. The van der Waals surface area contributed by atoms with Crippen LogP contribution in [0.5, 0.6) is 0 Å². The van der Waals surface area contributed by atoms with Crippen LogP contribution >= 0.6 is 11.3 Å². The van der Waals surface area contributed by atoms with Gasteiger partial charge in [0.15, 0.2) is 0 Å². The quantitative estimate of drug-likeness (QED) is 0.405. The third-order valence-electron chi connectivity index (χ3n) is 4.00. The number of hydrogen-bond donors (Lipinski definition) is 0. The highest BCUT2D eigenvalue weighted by atomic mass is 32.1. The van der Waals surface area contributed by atoms with Gasteiger partial charge in [-0.1, -0.05) is 12.1 Å². The summed E-state index contributed by atoms with van der Waals surface area (Å²) in [6, 6.07) is 14.8. The predicted octanol–water partition coefficient (Wildman–Crippen LogP) is 5.93. The van der Waals surface area contributed by atoms with Crippen molar-refractivity contribution in [3.63, 3.8) is 0 Å². The lowest BCUT2D eigenvalue weighted by Crippen LogP contribution is -2.03. The van der Waals surface area contributed by atoms with Gasteiger partial charge in [-0.3, -0.25) is 4.98 Å². The summed E-state index contributed by atoms with van der Waals surface area (Å²) in [4.78, 5) is 8.48. The van der Waals surface area contributed by atoms with Gasteiger partial charge in [0.25, 0.3) is 0 Å². The molecule has 2 aromatic heterocycles. The van der Waals surface area contributed by atoms with E-state index in [0.717, 1.165) is 28.6 Å². The van der Waals surface area contributed by atoms with E-state index in [1.54, 1.807) is 12.3 Å². The Bertz CT molecular complexity index is 1230. The molecule has 2 aromatic carbocycles. The first-order valence-electron chi connectivity index (χ1n) is 7.89. The average Bonchev–Trinajstić information content (AvgIpc) is 3.08. The Morgan fingerprint density at radius 1 is 1.07 bits per heavy atom. The van der Waals surface area contributed by atoms with Crippen LogP contribution in [-0.2, 0) is 6.18 Å². The third kappa shape index (κ3) is 3.39. The molecule has 0 saturated carbocycles. The largest absolute Gasteiger partial charge is 0.416 e. The molecule has 2 heterocycles. The van der Waals surface area contributed by atoms with Crippen LogP contribution in [-0.4, -0.2) is 9.97 Å². The number of halogens is 3. The molecule has 4 rings (SSSR count). The van der Waals surface area contributed by atoms with Crippen LogP contribution in [0.15, 0.2) is 54.7 Å². The molecule has 7 heteroatoms. The number of nitriles is 1. The number of fused-ring (bicyclic) bond motifs is 2. The van der Waals surface area contributed by atoms with Gasteiger partial charge in [-0.05, 0) is 48.0 Å². The van der Waals surface area contributed by atoms with Crippen LogP contribution in [0.25, 0.3) is 32.8 Å². The highest BCUT2D eigenvalue weighted by Gasteiger charge is 2.30. The highest BCUT2D eigenvalue weighted by molar-refractivity contribution is 7.19. The molecule has 4 aromatic rings. The molecule has 3 nitrogen and oxygen atoms in total. The van der Waals surface area contributed by atoms with E-state index < -0.39 is 11.7 Å². The van der Waals surface area contributed by atoms with Gasteiger partial charge in [-0.25, -0.2) is 4.98 Å². The number of pyridine rings is 1. The minimum Gasteiger partial charge on any atom is -0.256 e. The fourth-order valence-electron chi connectivity index (χ4n) is 2.71. The molecule has 0 atom stereocenters. The minimum absolute atomic E-state index is 0.230. The summed E-state index contributed by atoms with van der Waals surface area (Å²) in [5.41, 5.74) is 1.41. The van der Waals surface area contributed by atoms with Crippen molar-refractivity contribution in [2.75, 3.05) is 0 Å². The lowest BCUT2D eigenvalue weighted by molar-refractivity contribution is -0.137. The van der Waals surface area contributed by atoms with Gasteiger partial charge in [-0.15, -0.1) is 11.3 Å². The number of benzene rings is 2.